The molecular formula is C29H35N3O2. The Morgan fingerprint density at radius 2 is 1.56 bits per heavy atom. The lowest BCUT2D eigenvalue weighted by atomic mass is 10.1. The normalized spacial score (nSPS) is 13.0. The summed E-state index contributed by atoms with van der Waals surface area (Å²) in [6.07, 6.45) is 6.14. The van der Waals surface area contributed by atoms with Crippen LogP contribution in [0.3, 0.4) is 0 Å². The van der Waals surface area contributed by atoms with Gasteiger partial charge in [0, 0.05) is 37.4 Å². The summed E-state index contributed by atoms with van der Waals surface area (Å²) in [6, 6.07) is 24.9. The van der Waals surface area contributed by atoms with E-state index in [4.69, 9.17) is 0 Å². The molecule has 1 saturated carbocycles. The van der Waals surface area contributed by atoms with E-state index >= 15 is 0 Å². The number of carbonyl (C=O) groups excluding carboxylic acids is 2. The van der Waals surface area contributed by atoms with Gasteiger partial charge in [-0.1, -0.05) is 67.6 Å². The Kier molecular flexibility index (Phi) is 8.18. The second-order valence-corrected chi connectivity index (χ2v) is 9.17. The van der Waals surface area contributed by atoms with Gasteiger partial charge in [0.15, 0.2) is 0 Å². The molecule has 0 N–H and O–H groups in total. The molecule has 0 radical (unpaired) electrons. The zero-order valence-electron chi connectivity index (χ0n) is 20.1. The van der Waals surface area contributed by atoms with E-state index in [1.165, 1.54) is 5.56 Å². The van der Waals surface area contributed by atoms with Crippen LogP contribution in [0.1, 0.15) is 49.4 Å². The molecule has 178 valence electrons. The molecule has 1 aliphatic rings. The molecule has 5 heteroatoms. The maximum absolute atomic E-state index is 13.4. The fourth-order valence-corrected chi connectivity index (χ4v) is 4.38. The van der Waals surface area contributed by atoms with Crippen LogP contribution in [0.5, 0.6) is 0 Å². The van der Waals surface area contributed by atoms with Crippen LogP contribution < -0.4 is 0 Å². The second-order valence-electron chi connectivity index (χ2n) is 9.17. The maximum Gasteiger partial charge on any atom is 0.242 e. The van der Waals surface area contributed by atoms with Gasteiger partial charge in [-0.05, 0) is 48.9 Å². The first-order chi connectivity index (χ1) is 16.6. The third kappa shape index (κ3) is 6.60. The molecule has 34 heavy (non-hydrogen) atoms. The lowest BCUT2D eigenvalue weighted by molar-refractivity contribution is -0.141. The number of aryl methyl sites for hydroxylation is 1. The van der Waals surface area contributed by atoms with Gasteiger partial charge in [-0.3, -0.25) is 9.59 Å². The van der Waals surface area contributed by atoms with Crippen molar-refractivity contribution in [2.45, 2.75) is 58.2 Å². The van der Waals surface area contributed by atoms with Crippen LogP contribution >= 0.6 is 0 Å². The molecule has 0 saturated heterocycles. The van der Waals surface area contributed by atoms with Gasteiger partial charge in [0.05, 0.1) is 13.1 Å². The van der Waals surface area contributed by atoms with E-state index in [9.17, 15) is 9.59 Å². The van der Waals surface area contributed by atoms with Gasteiger partial charge >= 0.3 is 0 Å². The Labute approximate surface area is 203 Å². The highest BCUT2D eigenvalue weighted by molar-refractivity contribution is 5.85. The number of hydrogen-bond acceptors (Lipinski definition) is 2. The molecule has 0 atom stereocenters. The molecule has 0 spiro atoms. The van der Waals surface area contributed by atoms with Crippen molar-refractivity contribution in [3.63, 3.8) is 0 Å². The quantitative estimate of drug-likeness (QED) is 0.388. The number of aromatic nitrogens is 1. The molecular weight excluding hydrogens is 422 g/mol. The molecule has 4 rings (SSSR count). The van der Waals surface area contributed by atoms with Gasteiger partial charge < -0.3 is 14.4 Å². The van der Waals surface area contributed by atoms with Crippen LogP contribution in [0.15, 0.2) is 79.0 Å². The van der Waals surface area contributed by atoms with Gasteiger partial charge in [0.2, 0.25) is 11.8 Å². The number of amides is 2. The zero-order chi connectivity index (χ0) is 23.8. The first-order valence-electron chi connectivity index (χ1n) is 12.4. The van der Waals surface area contributed by atoms with Crippen molar-refractivity contribution < 1.29 is 9.59 Å². The predicted octanol–water partition coefficient (Wildman–Crippen LogP) is 4.90. The molecule has 1 fully saturated rings. The molecule has 1 heterocycles. The Morgan fingerprint density at radius 1 is 0.882 bits per heavy atom. The minimum Gasteiger partial charge on any atom is -0.345 e. The first-order valence-corrected chi connectivity index (χ1v) is 12.4. The van der Waals surface area contributed by atoms with E-state index in [2.05, 4.69) is 48.0 Å². The van der Waals surface area contributed by atoms with Crippen LogP contribution in [0.4, 0.5) is 0 Å². The first kappa shape index (κ1) is 23.8. The number of rotatable bonds is 12. The number of nitrogens with zero attached hydrogens (tertiary/aromatic N) is 3. The van der Waals surface area contributed by atoms with Crippen LogP contribution in [-0.4, -0.2) is 45.3 Å². The smallest absolute Gasteiger partial charge is 0.242 e. The van der Waals surface area contributed by atoms with Crippen molar-refractivity contribution in [2.24, 2.45) is 0 Å². The minimum absolute atomic E-state index is 0.0523. The molecule has 5 nitrogen and oxygen atoms in total. The summed E-state index contributed by atoms with van der Waals surface area (Å²) in [5.41, 5.74) is 3.52. The molecule has 2 amide bonds. The van der Waals surface area contributed by atoms with Crippen molar-refractivity contribution in [3.8, 4) is 0 Å². The Hall–Kier alpha value is -3.34. The van der Waals surface area contributed by atoms with Crippen molar-refractivity contribution >= 4 is 11.8 Å². The lowest BCUT2D eigenvalue weighted by Crippen LogP contribution is -2.44. The second kappa shape index (κ2) is 11.7. The summed E-state index contributed by atoms with van der Waals surface area (Å²) in [7, 11) is 0. The fourth-order valence-electron chi connectivity index (χ4n) is 4.38. The van der Waals surface area contributed by atoms with Crippen LogP contribution in [-0.2, 0) is 29.1 Å². The van der Waals surface area contributed by atoms with Crippen molar-refractivity contribution in [3.05, 3.63) is 95.8 Å². The van der Waals surface area contributed by atoms with Crippen LogP contribution in [0, 0.1) is 0 Å². The summed E-state index contributed by atoms with van der Waals surface area (Å²) in [4.78, 5) is 30.1. The average molecular weight is 458 g/mol. The van der Waals surface area contributed by atoms with Gasteiger partial charge in [0.1, 0.15) is 0 Å². The van der Waals surface area contributed by atoms with Crippen molar-refractivity contribution in [2.75, 3.05) is 13.1 Å². The Morgan fingerprint density at radius 3 is 2.21 bits per heavy atom. The molecule has 1 aliphatic carbocycles. The van der Waals surface area contributed by atoms with E-state index in [1.807, 2.05) is 47.4 Å². The summed E-state index contributed by atoms with van der Waals surface area (Å²) >= 11 is 0. The number of benzene rings is 2. The summed E-state index contributed by atoms with van der Waals surface area (Å²) < 4.78 is 2.22. The number of hydrogen-bond donors (Lipinski definition) is 0. The predicted molar refractivity (Wildman–Crippen MR) is 135 cm³/mol. The van der Waals surface area contributed by atoms with Crippen LogP contribution in [0.2, 0.25) is 0 Å². The van der Waals surface area contributed by atoms with E-state index in [0.717, 1.165) is 37.1 Å². The number of carbonyl (C=O) groups is 2. The van der Waals surface area contributed by atoms with Crippen molar-refractivity contribution in [1.29, 1.82) is 0 Å². The van der Waals surface area contributed by atoms with Gasteiger partial charge in [0.25, 0.3) is 0 Å². The third-order valence-corrected chi connectivity index (χ3v) is 6.40. The highest BCUT2D eigenvalue weighted by atomic mass is 16.2. The monoisotopic (exact) mass is 457 g/mol. The molecule has 1 aromatic heterocycles. The average Bonchev–Trinajstić information content (AvgIpc) is 3.61. The highest BCUT2D eigenvalue weighted by Crippen LogP contribution is 2.29. The summed E-state index contributed by atoms with van der Waals surface area (Å²) in [6.45, 7) is 4.20. The summed E-state index contributed by atoms with van der Waals surface area (Å²) in [5.74, 6) is 0.110. The minimum atomic E-state index is 0.0523. The van der Waals surface area contributed by atoms with Crippen molar-refractivity contribution in [1.82, 2.24) is 14.4 Å². The van der Waals surface area contributed by atoms with Gasteiger partial charge in [-0.25, -0.2) is 0 Å². The SMILES string of the molecule is CCCN(CC(=O)N(Cc1cccn1Cc1ccccc1)C1CC1)C(=O)CCc1ccccc1. The van der Waals surface area contributed by atoms with E-state index < -0.39 is 0 Å². The molecule has 2 aromatic carbocycles. The Balaban J connectivity index is 1.39. The highest BCUT2D eigenvalue weighted by Gasteiger charge is 2.34. The van der Waals surface area contributed by atoms with Gasteiger partial charge in [-0.2, -0.15) is 0 Å². The molecule has 0 bridgehead atoms. The zero-order valence-corrected chi connectivity index (χ0v) is 20.1. The molecule has 3 aromatic rings. The topological polar surface area (TPSA) is 45.6 Å². The fraction of sp³-hybridized carbons (Fsp3) is 0.379. The van der Waals surface area contributed by atoms with E-state index in [0.29, 0.717) is 25.9 Å². The van der Waals surface area contributed by atoms with Gasteiger partial charge in [-0.15, -0.1) is 0 Å². The third-order valence-electron chi connectivity index (χ3n) is 6.40. The molecule has 0 aliphatic heterocycles. The van der Waals surface area contributed by atoms with E-state index in [-0.39, 0.29) is 24.4 Å². The largest absolute Gasteiger partial charge is 0.345 e. The summed E-state index contributed by atoms with van der Waals surface area (Å²) in [5, 5.41) is 0. The van der Waals surface area contributed by atoms with E-state index in [1.54, 1.807) is 4.90 Å². The lowest BCUT2D eigenvalue weighted by Gasteiger charge is -2.28. The molecule has 0 unspecified atom stereocenters. The maximum atomic E-state index is 13.4. The van der Waals surface area contributed by atoms with Crippen LogP contribution in [0.25, 0.3) is 0 Å². The standard InChI is InChI=1S/C29H35N3O2/c1-2-19-31(28(33)18-15-24-10-5-3-6-11-24)23-29(34)32(26-16-17-26)22-27-14-9-20-30(27)21-25-12-7-4-8-13-25/h3-14,20,26H,2,15-19,21-23H2,1H3. The Bertz CT molecular complexity index is 1060.